The molecule has 220 valence electrons. The number of carbonyl (C=O) groups is 2. The minimum atomic E-state index is -3.35. The van der Waals surface area contributed by atoms with Crippen molar-refractivity contribution < 1.29 is 27.9 Å². The molecule has 1 aliphatic carbocycles. The average Bonchev–Trinajstić information content (AvgIpc) is 2.92. The van der Waals surface area contributed by atoms with Gasteiger partial charge in [-0.25, -0.2) is 17.9 Å². The molecule has 2 aromatic rings. The van der Waals surface area contributed by atoms with Crippen molar-refractivity contribution in [3.05, 3.63) is 59.2 Å². The van der Waals surface area contributed by atoms with Crippen molar-refractivity contribution in [3.8, 4) is 11.1 Å². The van der Waals surface area contributed by atoms with Crippen LogP contribution in [-0.4, -0.2) is 62.4 Å². The van der Waals surface area contributed by atoms with Crippen molar-refractivity contribution >= 4 is 33.7 Å². The van der Waals surface area contributed by atoms with Crippen LogP contribution in [0.3, 0.4) is 0 Å². The number of sulfonamides is 1. The maximum atomic E-state index is 13.3. The zero-order chi connectivity index (χ0) is 29.1. The first-order valence-corrected chi connectivity index (χ1v) is 17.1. The molecular formula is C30H42N2O6S2. The number of benzene rings is 2. The van der Waals surface area contributed by atoms with Crippen LogP contribution >= 0.6 is 11.8 Å². The molecule has 1 aliphatic rings. The summed E-state index contributed by atoms with van der Waals surface area (Å²) in [7, 11) is -3.35. The second-order valence-corrected chi connectivity index (χ2v) is 13.5. The molecule has 3 rings (SSSR count). The highest BCUT2D eigenvalue weighted by atomic mass is 32.2. The summed E-state index contributed by atoms with van der Waals surface area (Å²) in [6.45, 7) is 2.44. The third-order valence-corrected chi connectivity index (χ3v) is 8.69. The van der Waals surface area contributed by atoms with Gasteiger partial charge in [-0.3, -0.25) is 4.79 Å². The molecule has 10 heteroatoms. The maximum absolute atomic E-state index is 13.3. The van der Waals surface area contributed by atoms with E-state index >= 15 is 0 Å². The lowest BCUT2D eigenvalue weighted by atomic mass is 9.85. The summed E-state index contributed by atoms with van der Waals surface area (Å²) >= 11 is 1.53. The normalized spacial score (nSPS) is 15.9. The topological polar surface area (TPSA) is 122 Å². The summed E-state index contributed by atoms with van der Waals surface area (Å²) in [5.41, 5.74) is 3.80. The van der Waals surface area contributed by atoms with Gasteiger partial charge in [-0.05, 0) is 72.1 Å². The van der Waals surface area contributed by atoms with Gasteiger partial charge in [0, 0.05) is 12.1 Å². The molecule has 1 fully saturated rings. The Morgan fingerprint density at radius 3 is 2.48 bits per heavy atom. The minimum Gasteiger partial charge on any atom is -0.480 e. The van der Waals surface area contributed by atoms with E-state index in [4.69, 9.17) is 4.74 Å². The van der Waals surface area contributed by atoms with Crippen molar-refractivity contribution in [3.63, 3.8) is 0 Å². The Morgan fingerprint density at radius 1 is 1.10 bits per heavy atom. The lowest BCUT2D eigenvalue weighted by molar-refractivity contribution is -0.139. The van der Waals surface area contributed by atoms with Crippen LogP contribution in [0.5, 0.6) is 0 Å². The Kier molecular flexibility index (Phi) is 12.5. The largest absolute Gasteiger partial charge is 0.480 e. The van der Waals surface area contributed by atoms with Gasteiger partial charge < -0.3 is 15.2 Å². The number of thioether (sulfide) groups is 1. The predicted octanol–water partition coefficient (Wildman–Crippen LogP) is 5.00. The van der Waals surface area contributed by atoms with E-state index in [1.165, 1.54) is 31.0 Å². The standard InChI is InChI=1S/C30H42N2O6S2/c1-21-9-7-8-12-25(21)27-18-23(13-14-26(27)29(33)32-28(30(34)35)15-16-39-2)20-38-24(19-31-40(3,36)37)17-22-10-5-4-6-11-22/h7-9,12-14,18,22,24,28,31H,4-6,10-11,15-17,19-20H2,1-3H3,(H,32,33)(H,34,35)/t24?,28-/m0/s1. The first kappa shape index (κ1) is 32.1. The summed E-state index contributed by atoms with van der Waals surface area (Å²) in [6.07, 6.45) is 9.81. The van der Waals surface area contributed by atoms with Crippen molar-refractivity contribution in [2.24, 2.45) is 5.92 Å². The van der Waals surface area contributed by atoms with E-state index < -0.39 is 27.9 Å². The number of aliphatic carboxylic acids is 1. The highest BCUT2D eigenvalue weighted by molar-refractivity contribution is 7.98. The number of amides is 1. The Balaban J connectivity index is 1.84. The number of hydrogen-bond donors (Lipinski definition) is 3. The Hall–Kier alpha value is -2.40. The van der Waals surface area contributed by atoms with E-state index in [0.29, 0.717) is 29.2 Å². The van der Waals surface area contributed by atoms with Gasteiger partial charge in [-0.1, -0.05) is 62.4 Å². The highest BCUT2D eigenvalue weighted by Crippen LogP contribution is 2.30. The van der Waals surface area contributed by atoms with Crippen LogP contribution in [0.4, 0.5) is 0 Å². The first-order valence-electron chi connectivity index (χ1n) is 13.8. The fraction of sp³-hybridized carbons (Fsp3) is 0.533. The Labute approximate surface area is 242 Å². The van der Waals surface area contributed by atoms with E-state index in [-0.39, 0.29) is 19.3 Å². The maximum Gasteiger partial charge on any atom is 0.326 e. The summed E-state index contributed by atoms with van der Waals surface area (Å²) in [6, 6.07) is 12.2. The van der Waals surface area contributed by atoms with Crippen LogP contribution in [0, 0.1) is 12.8 Å². The molecule has 0 radical (unpaired) electrons. The van der Waals surface area contributed by atoms with E-state index in [2.05, 4.69) is 10.0 Å². The number of ether oxygens (including phenoxy) is 1. The quantitative estimate of drug-likeness (QED) is 0.267. The van der Waals surface area contributed by atoms with Gasteiger partial charge in [0.25, 0.3) is 5.91 Å². The van der Waals surface area contributed by atoms with E-state index in [1.54, 1.807) is 6.07 Å². The fourth-order valence-corrected chi connectivity index (χ4v) is 6.13. The molecule has 0 heterocycles. The second-order valence-electron chi connectivity index (χ2n) is 10.6. The average molecular weight is 591 g/mol. The molecule has 40 heavy (non-hydrogen) atoms. The van der Waals surface area contributed by atoms with E-state index in [0.717, 1.165) is 42.2 Å². The lowest BCUT2D eigenvalue weighted by Crippen LogP contribution is -2.41. The summed E-state index contributed by atoms with van der Waals surface area (Å²) < 4.78 is 32.4. The third kappa shape index (κ3) is 10.2. The molecule has 0 bridgehead atoms. The van der Waals surface area contributed by atoms with Crippen LogP contribution < -0.4 is 10.0 Å². The molecule has 2 aromatic carbocycles. The smallest absolute Gasteiger partial charge is 0.326 e. The molecular weight excluding hydrogens is 548 g/mol. The van der Waals surface area contributed by atoms with E-state index in [9.17, 15) is 23.1 Å². The van der Waals surface area contributed by atoms with Crippen LogP contribution in [0.25, 0.3) is 11.1 Å². The Morgan fingerprint density at radius 2 is 1.82 bits per heavy atom. The molecule has 3 N–H and O–H groups in total. The van der Waals surface area contributed by atoms with Gasteiger partial charge >= 0.3 is 5.97 Å². The number of carboxylic acid groups (broad SMARTS) is 1. The molecule has 0 saturated heterocycles. The molecule has 0 aliphatic heterocycles. The fourth-order valence-electron chi connectivity index (χ4n) is 5.17. The van der Waals surface area contributed by atoms with Crippen molar-refractivity contribution in [2.45, 2.75) is 70.6 Å². The van der Waals surface area contributed by atoms with Crippen molar-refractivity contribution in [2.75, 3.05) is 24.8 Å². The zero-order valence-corrected chi connectivity index (χ0v) is 25.3. The zero-order valence-electron chi connectivity index (χ0n) is 23.6. The minimum absolute atomic E-state index is 0.215. The van der Waals surface area contributed by atoms with Crippen LogP contribution in [0.2, 0.25) is 0 Å². The number of carboxylic acids is 1. The van der Waals surface area contributed by atoms with E-state index in [1.807, 2.05) is 49.6 Å². The second kappa shape index (κ2) is 15.6. The van der Waals surface area contributed by atoms with Gasteiger partial charge in [-0.15, -0.1) is 0 Å². The van der Waals surface area contributed by atoms with Gasteiger partial charge in [0.15, 0.2) is 0 Å². The van der Waals surface area contributed by atoms with Crippen LogP contribution in [-0.2, 0) is 26.2 Å². The number of carbonyl (C=O) groups excluding carboxylic acids is 1. The summed E-state index contributed by atoms with van der Waals surface area (Å²) in [5, 5.41) is 12.3. The number of aryl methyl sites for hydroxylation is 1. The van der Waals surface area contributed by atoms with Gasteiger partial charge in [0.05, 0.1) is 19.0 Å². The van der Waals surface area contributed by atoms with Crippen LogP contribution in [0.15, 0.2) is 42.5 Å². The Bertz CT molecular complexity index is 1240. The van der Waals surface area contributed by atoms with Crippen LogP contribution in [0.1, 0.15) is 66.4 Å². The number of nitrogens with one attached hydrogen (secondary N) is 2. The third-order valence-electron chi connectivity index (χ3n) is 7.36. The van der Waals surface area contributed by atoms with Gasteiger partial charge in [0.2, 0.25) is 10.0 Å². The molecule has 2 atom stereocenters. The van der Waals surface area contributed by atoms with Gasteiger partial charge in [0.1, 0.15) is 6.04 Å². The number of rotatable bonds is 15. The summed E-state index contributed by atoms with van der Waals surface area (Å²) in [4.78, 5) is 25.1. The molecule has 0 aromatic heterocycles. The SMILES string of the molecule is CSCC[C@H](NC(=O)c1ccc(COC(CNS(C)(=O)=O)CC2CCCCC2)cc1-c1ccccc1C)C(=O)O. The first-order chi connectivity index (χ1) is 19.1. The van der Waals surface area contributed by atoms with Crippen molar-refractivity contribution in [1.82, 2.24) is 10.0 Å². The van der Waals surface area contributed by atoms with Crippen molar-refractivity contribution in [1.29, 1.82) is 0 Å². The molecule has 0 spiro atoms. The molecule has 1 amide bonds. The summed E-state index contributed by atoms with van der Waals surface area (Å²) in [5.74, 6) is -0.362. The predicted molar refractivity (Wildman–Crippen MR) is 161 cm³/mol. The lowest BCUT2D eigenvalue weighted by Gasteiger charge is -2.27. The monoisotopic (exact) mass is 590 g/mol. The molecule has 1 unspecified atom stereocenters. The highest BCUT2D eigenvalue weighted by Gasteiger charge is 2.24. The molecule has 8 nitrogen and oxygen atoms in total. The molecule has 1 saturated carbocycles. The number of hydrogen-bond acceptors (Lipinski definition) is 6. The van der Waals surface area contributed by atoms with Gasteiger partial charge in [-0.2, -0.15) is 11.8 Å².